The summed E-state index contributed by atoms with van der Waals surface area (Å²) in [6.45, 7) is 0.342. The Hall–Kier alpha value is -7.84. The van der Waals surface area contributed by atoms with Crippen molar-refractivity contribution < 1.29 is 126 Å². The third kappa shape index (κ3) is 28.5. The summed E-state index contributed by atoms with van der Waals surface area (Å²) in [6, 6.07) is 7.74. The van der Waals surface area contributed by atoms with Crippen molar-refractivity contribution in [3.63, 3.8) is 0 Å². The molecule has 0 saturated carbocycles. The van der Waals surface area contributed by atoms with E-state index < -0.39 is 169 Å². The molecular formula is C65H87N14O19S2Y. The van der Waals surface area contributed by atoms with Gasteiger partial charge in [0.2, 0.25) is 47.3 Å². The van der Waals surface area contributed by atoms with Crippen molar-refractivity contribution in [3.05, 3.63) is 102 Å². The third-order valence-corrected chi connectivity index (χ3v) is 19.0. The summed E-state index contributed by atoms with van der Waals surface area (Å²) < 4.78 is 0. The maximum Gasteiger partial charge on any atom is 3.00 e. The Kier molecular flexibility index (Phi) is 35.3. The van der Waals surface area contributed by atoms with Gasteiger partial charge in [-0.25, -0.2) is 4.79 Å². The van der Waals surface area contributed by atoms with Crippen molar-refractivity contribution in [2.24, 2.45) is 5.73 Å². The number of aliphatic hydroxyl groups excluding tert-OH is 2. The number of carboxylic acids is 4. The number of carbonyl (C=O) groups excluding carboxylic acids is 11. The fourth-order valence-electron chi connectivity index (χ4n) is 11.1. The molecule has 8 amide bonds. The van der Waals surface area contributed by atoms with Crippen molar-refractivity contribution in [2.45, 2.75) is 113 Å². The SMILES string of the molecule is C[C@@H](O)[C@H](NC(=O)[C@@H]1CSSC[C@H](NC(=O)[C@@H](Cc2ccccc2)NC(=O)CN2CCN(CC(=O)[O-])CCN(CC(=O)[O-])CCN(CC(=O)[O-])CC2)C(=O)N[C@@H](Cc2ccc(O)cc2)C(=O)N[C@H](Cc2c[nH]c3ccccc23)C(=O)N[C@@H](CCCCN)C(=O)N[C@@H]([C@@H](C)O)C(=O)N1)C(=O)O.[Y+3]. The van der Waals surface area contributed by atoms with Gasteiger partial charge < -0.3 is 103 Å². The molecular weight excluding hydrogens is 1430 g/mol. The average Bonchev–Trinajstić information content (AvgIpc) is 1.75. The summed E-state index contributed by atoms with van der Waals surface area (Å²) in [5.41, 5.74) is 7.92. The molecule has 2 aliphatic rings. The number of H-pyrrole nitrogens is 1. The van der Waals surface area contributed by atoms with Gasteiger partial charge >= 0.3 is 38.7 Å². The standard InChI is InChI=1S/C65H90N14O19S2.Y/c1-38(80)56-64(96)73-51(63(95)75-57(39(2)81)65(97)98)37-100-99-36-50(72-59(91)47(28-40-10-4-3-5-11-40)68-52(83)32-76-20-22-77(33-53(84)85)24-26-79(35-55(88)89)27-25-78(23-21-76)34-54(86)87)62(94)70-48(29-41-15-17-43(82)18-16-41)60(92)71-49(30-42-31-67-45-13-7-6-12-44(42)45)61(93)69-46(58(90)74-56)14-8-9-19-66;/h3-7,10-13,15-18,31,38-39,46-51,56-57,67,80-82H,8-9,14,19-30,32-37,66H2,1-2H3,(H,68,83)(H,69,93)(H,70,94)(H,71,92)(H,72,91)(H,73,96)(H,74,90)(H,75,95)(H,84,85)(H,86,87)(H,88,89)(H,97,98);/q;+3/p-3/t38-,39-,46+,47-,48+,49-,50+,51+,56+,57+;/m1./s1. The molecule has 2 fully saturated rings. The smallest absolute Gasteiger partial charge is 0.549 e. The summed E-state index contributed by atoms with van der Waals surface area (Å²) in [5.74, 6) is -14.9. The number of hydrogen-bond acceptors (Lipinski definition) is 25. The number of nitrogens with zero attached hydrogens (tertiary/aromatic N) is 4. The van der Waals surface area contributed by atoms with Gasteiger partial charge in [0.15, 0.2) is 6.04 Å². The number of rotatable bonds is 26. The van der Waals surface area contributed by atoms with E-state index in [0.717, 1.165) is 35.4 Å². The van der Waals surface area contributed by atoms with E-state index >= 15 is 14.4 Å². The van der Waals surface area contributed by atoms with Gasteiger partial charge in [-0.1, -0.05) is 82.3 Å². The fraction of sp³-hybridized carbons (Fsp3) is 0.508. The Morgan fingerprint density at radius 3 is 1.66 bits per heavy atom. The second kappa shape index (κ2) is 42.6. The molecule has 6 rings (SSSR count). The van der Waals surface area contributed by atoms with Crippen molar-refractivity contribution in [2.75, 3.05) is 96.6 Å². The number of fused-ring (bicyclic) bond motifs is 1. The second-order valence-electron chi connectivity index (χ2n) is 24.4. The van der Waals surface area contributed by atoms with E-state index in [0.29, 0.717) is 34.0 Å². The Labute approximate surface area is 615 Å². The molecule has 0 aliphatic carbocycles. The average molecular weight is 1520 g/mol. The van der Waals surface area contributed by atoms with Crippen LogP contribution in [-0.2, 0) is 110 Å². The van der Waals surface area contributed by atoms with E-state index in [2.05, 4.69) is 47.5 Å². The summed E-state index contributed by atoms with van der Waals surface area (Å²) >= 11 is 0. The Morgan fingerprint density at radius 2 is 1.12 bits per heavy atom. The number of benzene rings is 3. The van der Waals surface area contributed by atoms with Crippen molar-refractivity contribution in [3.8, 4) is 5.75 Å². The van der Waals surface area contributed by atoms with Gasteiger partial charge in [-0.15, -0.1) is 0 Å². The topological polar surface area (TPSA) is 506 Å². The predicted octanol–water partition coefficient (Wildman–Crippen LogP) is -7.38. The molecule has 36 heteroatoms. The van der Waals surface area contributed by atoms with E-state index in [1.165, 1.54) is 39.0 Å². The summed E-state index contributed by atoms with van der Waals surface area (Å²) in [6.07, 6.45) is -1.98. The monoisotopic (exact) mass is 1520 g/mol. The van der Waals surface area contributed by atoms with Crippen LogP contribution in [0.4, 0.5) is 0 Å². The summed E-state index contributed by atoms with van der Waals surface area (Å²) in [4.78, 5) is 175. The van der Waals surface area contributed by atoms with Crippen LogP contribution in [0.1, 0.15) is 49.8 Å². The number of aromatic amines is 1. The molecule has 101 heavy (non-hydrogen) atoms. The minimum atomic E-state index is -1.91. The van der Waals surface area contributed by atoms with E-state index in [1.807, 2.05) is 0 Å². The maximum absolute atomic E-state index is 15.3. The Balaban J connectivity index is 0.0000184. The zero-order valence-electron chi connectivity index (χ0n) is 55.9. The van der Waals surface area contributed by atoms with Gasteiger partial charge in [0.05, 0.1) is 36.7 Å². The molecule has 0 unspecified atom stereocenters. The van der Waals surface area contributed by atoms with Crippen LogP contribution in [-0.4, -0.2) is 273 Å². The molecule has 3 aromatic carbocycles. The van der Waals surface area contributed by atoms with Crippen LogP contribution in [0.15, 0.2) is 85.1 Å². The van der Waals surface area contributed by atoms with Crippen LogP contribution in [0.5, 0.6) is 5.75 Å². The summed E-state index contributed by atoms with van der Waals surface area (Å²) in [7, 11) is 1.64. The fourth-order valence-corrected chi connectivity index (χ4v) is 13.4. The first kappa shape index (κ1) is 83.8. The van der Waals surface area contributed by atoms with Gasteiger partial charge in [0.1, 0.15) is 48.0 Å². The zero-order valence-corrected chi connectivity index (χ0v) is 60.3. The minimum Gasteiger partial charge on any atom is -0.549 e. The Morgan fingerprint density at radius 1 is 0.604 bits per heavy atom. The van der Waals surface area contributed by atoms with E-state index in [9.17, 15) is 78.9 Å². The molecule has 33 nitrogen and oxygen atoms in total. The number of para-hydroxylation sites is 1. The molecule has 2 aliphatic heterocycles. The number of nitrogens with one attached hydrogen (secondary N) is 9. The van der Waals surface area contributed by atoms with Gasteiger partial charge in [-0.3, -0.25) is 58.0 Å². The first-order valence-electron chi connectivity index (χ1n) is 32.5. The number of carboxylic acid groups (broad SMARTS) is 4. The van der Waals surface area contributed by atoms with Gasteiger partial charge in [0.25, 0.3) is 0 Å². The maximum atomic E-state index is 15.3. The number of nitrogens with two attached hydrogens (primary N) is 1. The molecule has 10 atom stereocenters. The van der Waals surface area contributed by atoms with Crippen LogP contribution >= 0.6 is 21.6 Å². The zero-order chi connectivity index (χ0) is 73.0. The number of aromatic nitrogens is 1. The van der Waals surface area contributed by atoms with Crippen LogP contribution in [0.2, 0.25) is 0 Å². The molecule has 0 radical (unpaired) electrons. The van der Waals surface area contributed by atoms with Gasteiger partial charge in [0, 0.05) is 120 Å². The number of phenolic OH excluding ortho intramolecular Hbond substituents is 1. The van der Waals surface area contributed by atoms with Crippen molar-refractivity contribution in [1.29, 1.82) is 0 Å². The number of aliphatic hydroxyl groups is 2. The molecule has 546 valence electrons. The van der Waals surface area contributed by atoms with Crippen LogP contribution in [0.25, 0.3) is 10.9 Å². The normalized spacial score (nSPS) is 21.7. The molecule has 15 N–H and O–H groups in total. The molecule has 0 spiro atoms. The number of amides is 8. The Bertz CT molecular complexity index is 3420. The van der Waals surface area contributed by atoms with E-state index in [1.54, 1.807) is 65.7 Å². The molecule has 1 aromatic heterocycles. The molecule has 3 heterocycles. The number of carbonyl (C=O) groups is 12. The first-order valence-corrected chi connectivity index (χ1v) is 35.0. The van der Waals surface area contributed by atoms with Crippen molar-refractivity contribution >= 4 is 104 Å². The number of aromatic hydroxyl groups is 1. The van der Waals surface area contributed by atoms with E-state index in [4.69, 9.17) is 5.73 Å². The largest absolute Gasteiger partial charge is 3.00 e. The number of unbranched alkanes of at least 4 members (excludes halogenated alkanes) is 1. The quantitative estimate of drug-likeness (QED) is 0.0205. The number of hydrogen-bond donors (Lipinski definition) is 14. The van der Waals surface area contributed by atoms with Gasteiger partial charge in [-0.05, 0) is 74.5 Å². The molecule has 2 saturated heterocycles. The van der Waals surface area contributed by atoms with Gasteiger partial charge in [-0.2, -0.15) is 0 Å². The molecule has 0 bridgehead atoms. The van der Waals surface area contributed by atoms with Crippen molar-refractivity contribution in [1.82, 2.24) is 67.1 Å². The van der Waals surface area contributed by atoms with E-state index in [-0.39, 0.29) is 129 Å². The second-order valence-corrected chi connectivity index (χ2v) is 27.0. The van der Waals surface area contributed by atoms with Crippen LogP contribution in [0.3, 0.4) is 0 Å². The molecule has 4 aromatic rings. The predicted molar refractivity (Wildman–Crippen MR) is 359 cm³/mol. The van der Waals surface area contributed by atoms with Crippen LogP contribution < -0.4 is 63.6 Å². The number of aliphatic carboxylic acids is 4. The number of phenols is 1. The van der Waals surface area contributed by atoms with Crippen LogP contribution in [0, 0.1) is 0 Å². The first-order chi connectivity index (χ1) is 47.7. The summed E-state index contributed by atoms with van der Waals surface area (Å²) in [5, 5.41) is 98.5. The third-order valence-electron chi connectivity index (χ3n) is 16.5. The minimum absolute atomic E-state index is 0.